The van der Waals surface area contributed by atoms with Crippen LogP contribution in [0.4, 0.5) is 0 Å². The van der Waals surface area contributed by atoms with Crippen molar-refractivity contribution in [2.45, 2.75) is 70.6 Å². The number of carbonyl (C=O) groups is 1. The molecule has 1 N–H and O–H groups in total. The summed E-state index contributed by atoms with van der Waals surface area (Å²) in [5, 5.41) is 9.03. The molecule has 0 aromatic heterocycles. The fraction of sp³-hybridized carbons (Fsp3) is 0.480. The number of hydrogen-bond acceptors (Lipinski definition) is 1. The zero-order chi connectivity index (χ0) is 19.1. The van der Waals surface area contributed by atoms with Gasteiger partial charge in [0.05, 0.1) is 5.56 Å². The van der Waals surface area contributed by atoms with Crippen LogP contribution < -0.4 is 0 Å². The van der Waals surface area contributed by atoms with Gasteiger partial charge in [0.2, 0.25) is 0 Å². The highest BCUT2D eigenvalue weighted by atomic mass is 16.4. The van der Waals surface area contributed by atoms with Gasteiger partial charge in [-0.2, -0.15) is 0 Å². The van der Waals surface area contributed by atoms with Crippen molar-refractivity contribution >= 4 is 5.97 Å². The van der Waals surface area contributed by atoms with Crippen molar-refractivity contribution in [3.05, 3.63) is 59.7 Å². The Bertz CT molecular complexity index is 715. The topological polar surface area (TPSA) is 37.3 Å². The van der Waals surface area contributed by atoms with Crippen molar-refractivity contribution in [3.63, 3.8) is 0 Å². The maximum atomic E-state index is 11.0. The monoisotopic (exact) mass is 364 g/mol. The number of hydrogen-bond donors (Lipinski definition) is 1. The van der Waals surface area contributed by atoms with Crippen molar-refractivity contribution in [3.8, 4) is 11.1 Å². The molecule has 3 rings (SSSR count). The highest BCUT2D eigenvalue weighted by molar-refractivity contribution is 5.88. The average Bonchev–Trinajstić information content (AvgIpc) is 2.94. The van der Waals surface area contributed by atoms with E-state index in [1.54, 1.807) is 12.1 Å². The number of rotatable bonds is 7. The third-order valence-electron chi connectivity index (χ3n) is 6.15. The Morgan fingerprint density at radius 2 is 1.56 bits per heavy atom. The van der Waals surface area contributed by atoms with E-state index in [1.807, 2.05) is 12.1 Å². The van der Waals surface area contributed by atoms with E-state index in [2.05, 4.69) is 31.2 Å². The van der Waals surface area contributed by atoms with Gasteiger partial charge in [0.15, 0.2) is 0 Å². The number of carboxylic acids is 1. The minimum absolute atomic E-state index is 0.335. The summed E-state index contributed by atoms with van der Waals surface area (Å²) in [5.41, 5.74) is 4.03. The average molecular weight is 365 g/mol. The summed E-state index contributed by atoms with van der Waals surface area (Å²) < 4.78 is 0. The molecule has 0 unspecified atom stereocenters. The third kappa shape index (κ3) is 5.45. The minimum atomic E-state index is -0.877. The third-order valence-corrected chi connectivity index (χ3v) is 6.15. The first-order valence-corrected chi connectivity index (χ1v) is 10.6. The molecule has 2 nitrogen and oxygen atoms in total. The number of carboxylic acid groups (broad SMARTS) is 1. The van der Waals surface area contributed by atoms with E-state index in [0.717, 1.165) is 17.0 Å². The van der Waals surface area contributed by atoms with Crippen LogP contribution in [0, 0.1) is 5.92 Å². The van der Waals surface area contributed by atoms with E-state index in [4.69, 9.17) is 5.11 Å². The molecule has 0 heterocycles. The molecule has 1 aliphatic rings. The summed E-state index contributed by atoms with van der Waals surface area (Å²) in [6, 6.07) is 16.1. The summed E-state index contributed by atoms with van der Waals surface area (Å²) in [6.45, 7) is 2.29. The SMILES string of the molecule is CCCCC[C@@H]1CCC[C@@H](c2ccc(-c3ccc(C(=O)O)cc3)cc2)CC1. The van der Waals surface area contributed by atoms with Crippen LogP contribution in [0.25, 0.3) is 11.1 Å². The lowest BCUT2D eigenvalue weighted by Crippen LogP contribution is -2.00. The molecule has 27 heavy (non-hydrogen) atoms. The van der Waals surface area contributed by atoms with Crippen molar-refractivity contribution in [1.29, 1.82) is 0 Å². The predicted octanol–water partition coefficient (Wildman–Crippen LogP) is 7.30. The van der Waals surface area contributed by atoms with E-state index in [9.17, 15) is 4.79 Å². The molecule has 0 spiro atoms. The number of benzene rings is 2. The Balaban J connectivity index is 1.60. The molecule has 2 atom stereocenters. The van der Waals surface area contributed by atoms with Gasteiger partial charge in [-0.3, -0.25) is 0 Å². The molecule has 144 valence electrons. The summed E-state index contributed by atoms with van der Waals surface area (Å²) >= 11 is 0. The standard InChI is InChI=1S/C25H32O2/c1-2-3-4-6-19-7-5-8-20(10-9-19)21-11-13-22(14-12-21)23-15-17-24(18-16-23)25(26)27/h11-20H,2-10H2,1H3,(H,26,27)/t19-,20-/m1/s1. The minimum Gasteiger partial charge on any atom is -0.478 e. The van der Waals surface area contributed by atoms with Crippen LogP contribution in [-0.2, 0) is 0 Å². The molecule has 1 fully saturated rings. The first kappa shape index (κ1) is 19.7. The molecule has 0 bridgehead atoms. The Kier molecular flexibility index (Phi) is 7.09. The van der Waals surface area contributed by atoms with Gasteiger partial charge in [0.1, 0.15) is 0 Å². The van der Waals surface area contributed by atoms with Gasteiger partial charge in [-0.25, -0.2) is 4.79 Å². The van der Waals surface area contributed by atoms with Gasteiger partial charge in [-0.1, -0.05) is 81.8 Å². The van der Waals surface area contributed by atoms with E-state index < -0.39 is 5.97 Å². The van der Waals surface area contributed by atoms with Gasteiger partial charge in [0, 0.05) is 0 Å². The Hall–Kier alpha value is -2.09. The van der Waals surface area contributed by atoms with Crippen LogP contribution >= 0.6 is 0 Å². The van der Waals surface area contributed by atoms with Gasteiger partial charge >= 0.3 is 5.97 Å². The number of unbranched alkanes of at least 4 members (excludes halogenated alkanes) is 2. The highest BCUT2D eigenvalue weighted by Gasteiger charge is 2.20. The molecule has 2 aromatic carbocycles. The fourth-order valence-corrected chi connectivity index (χ4v) is 4.44. The molecule has 0 radical (unpaired) electrons. The van der Waals surface area contributed by atoms with Crippen molar-refractivity contribution < 1.29 is 9.90 Å². The van der Waals surface area contributed by atoms with E-state index in [0.29, 0.717) is 11.5 Å². The smallest absolute Gasteiger partial charge is 0.335 e. The lowest BCUT2D eigenvalue weighted by atomic mass is 9.89. The van der Waals surface area contributed by atoms with Crippen molar-refractivity contribution in [1.82, 2.24) is 0 Å². The van der Waals surface area contributed by atoms with E-state index in [1.165, 1.54) is 63.4 Å². The second-order valence-electron chi connectivity index (χ2n) is 8.07. The zero-order valence-electron chi connectivity index (χ0n) is 16.5. The molecular formula is C25H32O2. The largest absolute Gasteiger partial charge is 0.478 e. The van der Waals surface area contributed by atoms with E-state index >= 15 is 0 Å². The van der Waals surface area contributed by atoms with Gasteiger partial charge < -0.3 is 5.11 Å². The lowest BCUT2D eigenvalue weighted by molar-refractivity contribution is 0.0697. The molecule has 1 aliphatic carbocycles. The van der Waals surface area contributed by atoms with Gasteiger partial charge in [-0.05, 0) is 59.9 Å². The van der Waals surface area contributed by atoms with Gasteiger partial charge in [-0.15, -0.1) is 0 Å². The maximum absolute atomic E-state index is 11.0. The van der Waals surface area contributed by atoms with Crippen LogP contribution in [0.5, 0.6) is 0 Å². The fourth-order valence-electron chi connectivity index (χ4n) is 4.44. The maximum Gasteiger partial charge on any atom is 0.335 e. The predicted molar refractivity (Wildman–Crippen MR) is 112 cm³/mol. The second-order valence-corrected chi connectivity index (χ2v) is 8.07. The molecule has 1 saturated carbocycles. The van der Waals surface area contributed by atoms with Crippen LogP contribution in [0.1, 0.15) is 86.6 Å². The highest BCUT2D eigenvalue weighted by Crippen LogP contribution is 2.36. The molecule has 0 amide bonds. The van der Waals surface area contributed by atoms with Crippen molar-refractivity contribution in [2.24, 2.45) is 5.92 Å². The van der Waals surface area contributed by atoms with Crippen molar-refractivity contribution in [2.75, 3.05) is 0 Å². The quantitative estimate of drug-likeness (QED) is 0.413. The van der Waals surface area contributed by atoms with Crippen LogP contribution in [0.15, 0.2) is 48.5 Å². The lowest BCUT2D eigenvalue weighted by Gasteiger charge is -2.16. The molecular weight excluding hydrogens is 332 g/mol. The van der Waals surface area contributed by atoms with E-state index in [-0.39, 0.29) is 0 Å². The first-order valence-electron chi connectivity index (χ1n) is 10.6. The molecule has 2 aromatic rings. The first-order chi connectivity index (χ1) is 13.2. The zero-order valence-corrected chi connectivity index (χ0v) is 16.5. The summed E-state index contributed by atoms with van der Waals surface area (Å²) in [5.74, 6) is 0.761. The van der Waals surface area contributed by atoms with Crippen LogP contribution in [-0.4, -0.2) is 11.1 Å². The Morgan fingerprint density at radius 1 is 0.889 bits per heavy atom. The molecule has 2 heteroatoms. The summed E-state index contributed by atoms with van der Waals surface area (Å²) in [4.78, 5) is 11.0. The summed E-state index contributed by atoms with van der Waals surface area (Å²) in [7, 11) is 0. The van der Waals surface area contributed by atoms with Crippen LogP contribution in [0.2, 0.25) is 0 Å². The van der Waals surface area contributed by atoms with Gasteiger partial charge in [0.25, 0.3) is 0 Å². The Morgan fingerprint density at radius 3 is 2.19 bits per heavy atom. The van der Waals surface area contributed by atoms with Crippen LogP contribution in [0.3, 0.4) is 0 Å². The number of aromatic carboxylic acids is 1. The molecule has 0 aliphatic heterocycles. The second kappa shape index (κ2) is 9.73. The Labute approximate surface area is 163 Å². The normalized spacial score (nSPS) is 20.2. The summed E-state index contributed by atoms with van der Waals surface area (Å²) in [6.07, 6.45) is 12.3. The molecule has 0 saturated heterocycles.